The molecule has 94 heavy (non-hydrogen) atoms. The van der Waals surface area contributed by atoms with Crippen LogP contribution in [-0.4, -0.2) is 421 Å². The van der Waals surface area contributed by atoms with Crippen molar-refractivity contribution in [3.05, 3.63) is 0 Å². The van der Waals surface area contributed by atoms with E-state index in [-0.39, 0.29) is 0 Å². The van der Waals surface area contributed by atoms with Crippen molar-refractivity contribution in [1.29, 1.82) is 0 Å². The van der Waals surface area contributed by atoms with E-state index in [9.17, 15) is 127 Å². The fourth-order valence-corrected chi connectivity index (χ4v) is 11.8. The minimum absolute atomic E-state index is 0.789. The molecule has 2 amide bonds. The van der Waals surface area contributed by atoms with E-state index < -0.39 is 304 Å². The van der Waals surface area contributed by atoms with E-state index in [2.05, 4.69) is 10.6 Å². The molecule has 0 radical (unpaired) electrons. The van der Waals surface area contributed by atoms with Crippen molar-refractivity contribution in [1.82, 2.24) is 10.6 Å². The Morgan fingerprint density at radius 2 is 0.606 bits per heavy atom. The van der Waals surface area contributed by atoms with Gasteiger partial charge in [0, 0.05) is 13.8 Å². The molecule has 546 valence electrons. The van der Waals surface area contributed by atoms with Crippen LogP contribution in [0.15, 0.2) is 0 Å². The quantitative estimate of drug-likeness (QED) is 0.0452. The Balaban J connectivity index is 1.05. The number of carbonyl (C=O) groups excluding carboxylic acids is 2. The molecule has 0 spiro atoms. The standard InChI is InChI=1S/C52H88N2O40/c1-11-23(60)31(68)36(73)47(84-11)83-10-20-43(29(66)21(45(79)85-20)53-12(2)58)92-46-22(54-13(3)59)30(67)42(16(6-57)88-46)93-52-41(78)44(94-51-40(77)35(72)27(64)18(90-51)8-81-49-38(75)33(70)25(62)15(5-56)87-49)28(65)19(91-52)9-82-50-39(76)34(71)26(63)17(89-50)7-80-48-37(74)32(69)24(61)14(4-55)86-48/h11,14-52,55-57,60-79H,4-10H2,1-3H3,(H,53,58)(H,54,59)/t11-,14+,15+,16+,17+,18+,19+,20+,21+,22-,23+,24+,25+,26+,27+,28+,29+,30+,31+,32-,33-,34-,35-,36-,37-,38-,39-,40-,41-,42+,43+,44-,45+,46-,47+,48-,49+,50+,51-,52-/m0/s1. The minimum atomic E-state index is -2.42. The second kappa shape index (κ2) is 33.3. The molecule has 8 aliphatic rings. The number of aliphatic hydroxyl groups excluding tert-OH is 23. The summed E-state index contributed by atoms with van der Waals surface area (Å²) in [6.45, 7) is -3.14. The zero-order chi connectivity index (χ0) is 69.2. The molecule has 8 heterocycles. The summed E-state index contributed by atoms with van der Waals surface area (Å²) in [6.07, 6.45) is -73.7. The number of rotatable bonds is 23. The summed E-state index contributed by atoms with van der Waals surface area (Å²) in [7, 11) is 0. The van der Waals surface area contributed by atoms with Crippen LogP contribution < -0.4 is 10.6 Å². The first kappa shape index (κ1) is 77.2. The van der Waals surface area contributed by atoms with E-state index in [1.54, 1.807) is 0 Å². The number of ether oxygens (including phenoxy) is 15. The zero-order valence-corrected chi connectivity index (χ0v) is 50.3. The molecule has 40 atom stereocenters. The van der Waals surface area contributed by atoms with Crippen LogP contribution in [0.4, 0.5) is 0 Å². The summed E-state index contributed by atoms with van der Waals surface area (Å²) in [4.78, 5) is 25.2. The number of hydrogen-bond acceptors (Lipinski definition) is 40. The second-order valence-electron chi connectivity index (χ2n) is 24.0. The van der Waals surface area contributed by atoms with Gasteiger partial charge in [0.25, 0.3) is 0 Å². The van der Waals surface area contributed by atoms with Gasteiger partial charge in [-0.3, -0.25) is 9.59 Å². The maximum absolute atomic E-state index is 12.9. The Morgan fingerprint density at radius 1 is 0.298 bits per heavy atom. The Bertz CT molecular complexity index is 2370. The summed E-state index contributed by atoms with van der Waals surface area (Å²) in [5, 5.41) is 254. The lowest BCUT2D eigenvalue weighted by atomic mass is 9.94. The van der Waals surface area contributed by atoms with Gasteiger partial charge in [-0.1, -0.05) is 0 Å². The van der Waals surface area contributed by atoms with E-state index in [1.165, 1.54) is 6.92 Å². The van der Waals surface area contributed by atoms with Gasteiger partial charge in [-0.05, 0) is 6.92 Å². The zero-order valence-electron chi connectivity index (χ0n) is 50.3. The summed E-state index contributed by atoms with van der Waals surface area (Å²) in [6, 6.07) is -3.58. The molecule has 0 aromatic carbocycles. The summed E-state index contributed by atoms with van der Waals surface area (Å²) in [5.74, 6) is -1.71. The molecular formula is C52H88N2O40. The smallest absolute Gasteiger partial charge is 0.217 e. The van der Waals surface area contributed by atoms with Gasteiger partial charge in [-0.2, -0.15) is 0 Å². The molecule has 0 aromatic heterocycles. The van der Waals surface area contributed by atoms with Crippen molar-refractivity contribution < 1.29 is 198 Å². The van der Waals surface area contributed by atoms with Crippen molar-refractivity contribution in [2.24, 2.45) is 0 Å². The number of carbonyl (C=O) groups is 2. The van der Waals surface area contributed by atoms with E-state index in [0.29, 0.717) is 0 Å². The van der Waals surface area contributed by atoms with Gasteiger partial charge in [0.2, 0.25) is 11.8 Å². The van der Waals surface area contributed by atoms with E-state index in [1.807, 2.05) is 0 Å². The molecule has 0 aromatic rings. The Morgan fingerprint density at radius 3 is 1.05 bits per heavy atom. The van der Waals surface area contributed by atoms with Crippen molar-refractivity contribution in [3.63, 3.8) is 0 Å². The molecule has 8 rings (SSSR count). The molecular weight excluding hydrogens is 1290 g/mol. The van der Waals surface area contributed by atoms with Crippen LogP contribution in [0.2, 0.25) is 0 Å². The predicted molar refractivity (Wildman–Crippen MR) is 286 cm³/mol. The van der Waals surface area contributed by atoms with Crippen LogP contribution in [0, 0.1) is 0 Å². The summed E-state index contributed by atoms with van der Waals surface area (Å²) < 4.78 is 85.9. The molecule has 25 N–H and O–H groups in total. The normalized spacial score (nSPS) is 51.2. The molecule has 0 saturated carbocycles. The highest BCUT2D eigenvalue weighted by Crippen LogP contribution is 2.37. The van der Waals surface area contributed by atoms with E-state index >= 15 is 0 Å². The average molecular weight is 1380 g/mol. The fraction of sp³-hybridized carbons (Fsp3) is 0.962. The molecule has 8 aliphatic heterocycles. The van der Waals surface area contributed by atoms with Gasteiger partial charge in [0.1, 0.15) is 189 Å². The first-order valence-electron chi connectivity index (χ1n) is 30.0. The fourth-order valence-electron chi connectivity index (χ4n) is 11.8. The van der Waals surface area contributed by atoms with Crippen molar-refractivity contribution in [2.75, 3.05) is 46.2 Å². The Hall–Kier alpha value is -2.58. The second-order valence-corrected chi connectivity index (χ2v) is 24.0. The van der Waals surface area contributed by atoms with Gasteiger partial charge in [0.15, 0.2) is 50.3 Å². The number of aliphatic hydroxyl groups is 23. The van der Waals surface area contributed by atoms with Gasteiger partial charge in [-0.25, -0.2) is 0 Å². The first-order chi connectivity index (χ1) is 44.3. The highest BCUT2D eigenvalue weighted by molar-refractivity contribution is 5.73. The van der Waals surface area contributed by atoms with Crippen LogP contribution >= 0.6 is 0 Å². The van der Waals surface area contributed by atoms with Gasteiger partial charge < -0.3 is 199 Å². The molecule has 42 heteroatoms. The van der Waals surface area contributed by atoms with Crippen LogP contribution in [-0.2, 0) is 80.6 Å². The largest absolute Gasteiger partial charge is 0.394 e. The van der Waals surface area contributed by atoms with Crippen LogP contribution in [0.1, 0.15) is 20.8 Å². The number of hydrogen-bond donors (Lipinski definition) is 25. The average Bonchev–Trinajstić information content (AvgIpc) is 0.773. The van der Waals surface area contributed by atoms with Gasteiger partial charge in [-0.15, -0.1) is 0 Å². The SMILES string of the molecule is CC(=O)N[C@@H]1[C@H](O[C@H]2[C@H](O)[C@@H](NC(C)=O)[C@H](O)O[C@@H]2CO[C@@H]2O[C@@H](C)[C@@H](O)[C@@H](O)[C@@H]2O)O[C@H](CO)[C@@H](O[C@@H]2O[C@H](CO[C@@H]3O[C@H](CO[C@H]4O[C@H](CO)[C@@H](O)[C@H](O)[C@@H]4O)[C@@H](O)[C@H](O)[C@@H]3O)[C@@H](O)[C@H](O[C@@H]3O[C@H](CO[C@@H]4O[C@H](CO)[C@@H](O)[C@H](O)[C@@H]4O)[C@@H](O)[C@H](O)[C@@H]3O)[C@@H]2O)[C@@H]1O. The minimum Gasteiger partial charge on any atom is -0.394 e. The Labute approximate surface area is 532 Å². The van der Waals surface area contributed by atoms with E-state index in [4.69, 9.17) is 71.1 Å². The Kier molecular flexibility index (Phi) is 27.3. The third kappa shape index (κ3) is 16.9. The third-order valence-electron chi connectivity index (χ3n) is 17.3. The lowest BCUT2D eigenvalue weighted by Crippen LogP contribution is -2.70. The molecule has 0 bridgehead atoms. The van der Waals surface area contributed by atoms with Crippen LogP contribution in [0.25, 0.3) is 0 Å². The molecule has 42 nitrogen and oxygen atoms in total. The van der Waals surface area contributed by atoms with Gasteiger partial charge >= 0.3 is 0 Å². The summed E-state index contributed by atoms with van der Waals surface area (Å²) >= 11 is 0. The molecule has 8 saturated heterocycles. The first-order valence-corrected chi connectivity index (χ1v) is 30.0. The third-order valence-corrected chi connectivity index (χ3v) is 17.3. The lowest BCUT2D eigenvalue weighted by Gasteiger charge is -2.50. The van der Waals surface area contributed by atoms with Crippen molar-refractivity contribution >= 4 is 11.8 Å². The molecule has 8 fully saturated rings. The number of amides is 2. The molecule has 0 aliphatic carbocycles. The summed E-state index contributed by atoms with van der Waals surface area (Å²) in [5.41, 5.74) is 0. The number of nitrogens with one attached hydrogen (secondary N) is 2. The van der Waals surface area contributed by atoms with Crippen molar-refractivity contribution in [2.45, 2.75) is 266 Å². The van der Waals surface area contributed by atoms with Crippen molar-refractivity contribution in [3.8, 4) is 0 Å². The maximum Gasteiger partial charge on any atom is 0.217 e. The highest BCUT2D eigenvalue weighted by Gasteiger charge is 2.58. The van der Waals surface area contributed by atoms with Crippen LogP contribution in [0.3, 0.4) is 0 Å². The van der Waals surface area contributed by atoms with Gasteiger partial charge in [0.05, 0.1) is 52.4 Å². The topological polar surface area (TPSA) is 662 Å². The monoisotopic (exact) mass is 1380 g/mol. The maximum atomic E-state index is 12.9. The lowest BCUT2D eigenvalue weighted by molar-refractivity contribution is -0.386. The molecule has 0 unspecified atom stereocenters. The highest BCUT2D eigenvalue weighted by atomic mass is 16.8. The van der Waals surface area contributed by atoms with E-state index in [0.717, 1.165) is 13.8 Å². The van der Waals surface area contributed by atoms with Crippen LogP contribution in [0.5, 0.6) is 0 Å². The predicted octanol–water partition coefficient (Wildman–Crippen LogP) is -17.1.